The normalized spacial score (nSPS) is 11.5. The second-order valence-electron chi connectivity index (χ2n) is 10.7. The summed E-state index contributed by atoms with van der Waals surface area (Å²) in [7, 11) is -8.23. The Morgan fingerprint density at radius 1 is 0.490 bits per heavy atom. The summed E-state index contributed by atoms with van der Waals surface area (Å²) in [6.45, 7) is 0. The van der Waals surface area contributed by atoms with Crippen LogP contribution in [0.15, 0.2) is 141 Å². The molecule has 10 nitrogen and oxygen atoms in total. The molecular weight excluding hydrogens is 958 g/mol. The third-order valence-electron chi connectivity index (χ3n) is 7.78. The predicted octanol–water partition coefficient (Wildman–Crippen LogP) is 5.95. The van der Waals surface area contributed by atoms with Gasteiger partial charge in [-0.3, -0.25) is 0 Å². The van der Waals surface area contributed by atoms with Crippen molar-refractivity contribution in [2.24, 2.45) is 0 Å². The molecule has 0 spiro atoms. The minimum absolute atomic E-state index is 0. The molecule has 0 saturated heterocycles. The number of sulfone groups is 2. The zero-order valence-corrected chi connectivity index (χ0v) is 31.3. The second-order valence-corrected chi connectivity index (χ2v) is 14.5. The summed E-state index contributed by atoms with van der Waals surface area (Å²) in [5, 5.41) is 9.26. The molecule has 4 heterocycles. The first-order valence-corrected chi connectivity index (χ1v) is 17.7. The van der Waals surface area contributed by atoms with E-state index in [4.69, 9.17) is 0 Å². The Labute approximate surface area is 321 Å². The summed E-state index contributed by atoms with van der Waals surface area (Å²) in [5.41, 5.74) is 2.78. The van der Waals surface area contributed by atoms with E-state index in [1.807, 2.05) is 12.1 Å². The first kappa shape index (κ1) is 36.0. The van der Waals surface area contributed by atoms with Gasteiger partial charge in [0.1, 0.15) is 0 Å². The first-order chi connectivity index (χ1) is 23.8. The number of fused-ring (bicyclic) bond motifs is 3. The largest absolute Gasteiger partial charge is 2.00 e. The van der Waals surface area contributed by atoms with E-state index >= 15 is 0 Å². The van der Waals surface area contributed by atoms with Crippen LogP contribution in [0.3, 0.4) is 0 Å². The van der Waals surface area contributed by atoms with Gasteiger partial charge in [-0.05, 0) is 43.1 Å². The Morgan fingerprint density at radius 3 is 1.41 bits per heavy atom. The summed E-state index contributed by atoms with van der Waals surface area (Å²) in [5.74, 6) is 0.0755. The van der Waals surface area contributed by atoms with Crippen LogP contribution in [0.25, 0.3) is 50.3 Å². The van der Waals surface area contributed by atoms with Crippen LogP contribution < -0.4 is 0 Å². The average Bonchev–Trinajstić information content (AvgIpc) is 3.49. The standard InChI is InChI=1S/C37H20N6O4S2.Pd.Pt/c44-48(45,27-9-5-7-25(21-27)33-11-1-3-17-38-33)29-13-15-31-32-16-14-30(24-36(32)43(35(31)23-29)37-40-19-20-41-42-37)49(46,47)28-10-6-8-26(22-28)34-12-2-4-18-39-34;;/h1-20H;;/q-4;2*+2. The van der Waals surface area contributed by atoms with Crippen molar-refractivity contribution >= 4 is 41.5 Å². The van der Waals surface area contributed by atoms with Gasteiger partial charge in [0.2, 0.25) is 0 Å². The van der Waals surface area contributed by atoms with Crippen molar-refractivity contribution in [3.8, 4) is 28.5 Å². The van der Waals surface area contributed by atoms with E-state index in [-0.39, 0.29) is 67.0 Å². The van der Waals surface area contributed by atoms with E-state index in [2.05, 4.69) is 49.4 Å². The molecule has 0 saturated carbocycles. The Hall–Kier alpha value is -4.76. The van der Waals surface area contributed by atoms with Gasteiger partial charge in [0.25, 0.3) is 5.95 Å². The smallest absolute Gasteiger partial charge is 0.327 e. The average molecular weight is 978 g/mol. The summed E-state index contributed by atoms with van der Waals surface area (Å²) in [4.78, 5) is 12.6. The molecule has 254 valence electrons. The van der Waals surface area contributed by atoms with Crippen molar-refractivity contribution in [2.75, 3.05) is 0 Å². The maximum atomic E-state index is 14.0. The second kappa shape index (κ2) is 14.5. The van der Waals surface area contributed by atoms with Crippen molar-refractivity contribution in [3.63, 3.8) is 0 Å². The van der Waals surface area contributed by atoms with Crippen LogP contribution in [0.4, 0.5) is 0 Å². The maximum absolute atomic E-state index is 14.0. The van der Waals surface area contributed by atoms with E-state index in [0.29, 0.717) is 44.3 Å². The zero-order chi connectivity index (χ0) is 33.6. The predicted molar refractivity (Wildman–Crippen MR) is 180 cm³/mol. The molecule has 0 radical (unpaired) electrons. The summed E-state index contributed by atoms with van der Waals surface area (Å²) >= 11 is 0. The molecule has 0 aliphatic rings. The molecule has 4 aromatic carbocycles. The number of hydrogen-bond acceptors (Lipinski definition) is 9. The van der Waals surface area contributed by atoms with Crippen LogP contribution in [-0.4, -0.2) is 46.6 Å². The van der Waals surface area contributed by atoms with Crippen LogP contribution in [0.5, 0.6) is 0 Å². The monoisotopic (exact) mass is 977 g/mol. The fourth-order valence-corrected chi connectivity index (χ4v) is 7.91. The molecule has 14 heteroatoms. The van der Waals surface area contributed by atoms with Crippen molar-refractivity contribution in [1.82, 2.24) is 29.7 Å². The van der Waals surface area contributed by atoms with Gasteiger partial charge in [0.15, 0.2) is 19.7 Å². The minimum Gasteiger partial charge on any atom is -0.327 e. The fourth-order valence-electron chi connectivity index (χ4n) is 5.47. The van der Waals surface area contributed by atoms with Gasteiger partial charge in [-0.25, -0.2) is 21.8 Å². The topological polar surface area (TPSA) is 138 Å². The van der Waals surface area contributed by atoms with Crippen LogP contribution in [-0.2, 0) is 61.2 Å². The molecule has 0 unspecified atom stereocenters. The van der Waals surface area contributed by atoms with Gasteiger partial charge in [-0.1, -0.05) is 35.3 Å². The van der Waals surface area contributed by atoms with E-state index in [0.717, 1.165) is 0 Å². The molecule has 0 aliphatic carbocycles. The Kier molecular flexibility index (Phi) is 10.2. The van der Waals surface area contributed by atoms with Gasteiger partial charge >= 0.3 is 41.5 Å². The zero-order valence-electron chi connectivity index (χ0n) is 25.8. The molecule has 0 bridgehead atoms. The summed E-state index contributed by atoms with van der Waals surface area (Å²) in [6.07, 6.45) is 6.07. The number of hydrogen-bond donors (Lipinski definition) is 0. The molecular formula is C37H20N6O4PdPtS2. The molecule has 4 aromatic heterocycles. The van der Waals surface area contributed by atoms with E-state index in [9.17, 15) is 16.8 Å². The molecule has 0 aliphatic heterocycles. The quantitative estimate of drug-likeness (QED) is 0.140. The molecule has 0 N–H and O–H groups in total. The van der Waals surface area contributed by atoms with Gasteiger partial charge in [-0.2, -0.15) is 40.1 Å². The van der Waals surface area contributed by atoms with E-state index in [1.165, 1.54) is 41.2 Å². The third-order valence-corrected chi connectivity index (χ3v) is 11.0. The first-order valence-electron chi connectivity index (χ1n) is 14.8. The van der Waals surface area contributed by atoms with Gasteiger partial charge < -0.3 is 14.5 Å². The fraction of sp³-hybridized carbons (Fsp3) is 0. The Morgan fingerprint density at radius 2 is 0.980 bits per heavy atom. The van der Waals surface area contributed by atoms with Crippen molar-refractivity contribution in [3.05, 3.63) is 146 Å². The molecule has 51 heavy (non-hydrogen) atoms. The van der Waals surface area contributed by atoms with Crippen molar-refractivity contribution < 1.29 is 58.3 Å². The number of aromatic nitrogens is 6. The number of pyridine rings is 2. The van der Waals surface area contributed by atoms with Crippen molar-refractivity contribution in [1.29, 1.82) is 0 Å². The van der Waals surface area contributed by atoms with Crippen LogP contribution in [0.2, 0.25) is 0 Å². The number of nitrogens with zero attached hydrogens (tertiary/aromatic N) is 6. The molecule has 0 amide bonds. The third kappa shape index (κ3) is 6.60. The SMILES string of the molecule is O=S(=O)(c1[c-]c(-c2ccccn2)ccc1)c1[c-]c2c(cc1)c1ccc(S(=O)(=O)c3[c-]c(-c4ccccn4)ccc3)[c-]c1n2-c1nccnn1.[Pd+2].[Pt+2]. The summed E-state index contributed by atoms with van der Waals surface area (Å²) < 4.78 is 57.4. The van der Waals surface area contributed by atoms with Gasteiger partial charge in [0, 0.05) is 12.4 Å². The Bertz CT molecular complexity index is 2580. The number of benzene rings is 4. The summed E-state index contributed by atoms with van der Waals surface area (Å²) in [6, 6.07) is 38.6. The van der Waals surface area contributed by atoms with Crippen LogP contribution in [0.1, 0.15) is 0 Å². The molecule has 0 atom stereocenters. The van der Waals surface area contributed by atoms with E-state index < -0.39 is 19.7 Å². The maximum Gasteiger partial charge on any atom is 2.00 e. The molecule has 8 aromatic rings. The minimum atomic E-state index is -4.12. The van der Waals surface area contributed by atoms with Crippen LogP contribution >= 0.6 is 0 Å². The van der Waals surface area contributed by atoms with Crippen LogP contribution in [0, 0.1) is 24.3 Å². The number of rotatable bonds is 7. The van der Waals surface area contributed by atoms with Gasteiger partial charge in [0.05, 0.1) is 12.4 Å². The Balaban J connectivity index is 0.00000224. The molecule has 8 rings (SSSR count). The van der Waals surface area contributed by atoms with Crippen molar-refractivity contribution in [2.45, 2.75) is 19.6 Å². The van der Waals surface area contributed by atoms with Gasteiger partial charge in [-0.15, -0.1) is 76.9 Å². The van der Waals surface area contributed by atoms with E-state index in [1.54, 1.807) is 73.1 Å². The molecule has 0 fully saturated rings.